The SMILES string of the molecule is CCCCCCC(=O)NC(CCl)Cc1ccccc1. The maximum Gasteiger partial charge on any atom is 0.220 e. The number of alkyl halides is 1. The summed E-state index contributed by atoms with van der Waals surface area (Å²) in [5, 5.41) is 3.02. The van der Waals surface area contributed by atoms with Gasteiger partial charge in [-0.05, 0) is 18.4 Å². The standard InChI is InChI=1S/C16H24ClNO/c1-2-3-4-8-11-16(19)18-15(13-17)12-14-9-6-5-7-10-14/h5-7,9-10,15H,2-4,8,11-13H2,1H3,(H,18,19). The molecule has 0 aliphatic heterocycles. The fraction of sp³-hybridized carbons (Fsp3) is 0.562. The Morgan fingerprint density at radius 3 is 2.58 bits per heavy atom. The van der Waals surface area contributed by atoms with E-state index < -0.39 is 0 Å². The van der Waals surface area contributed by atoms with Crippen LogP contribution in [0.2, 0.25) is 0 Å². The van der Waals surface area contributed by atoms with Gasteiger partial charge in [-0.25, -0.2) is 0 Å². The second-order valence-electron chi connectivity index (χ2n) is 4.92. The number of unbranched alkanes of at least 4 members (excludes halogenated alkanes) is 3. The predicted molar refractivity (Wildman–Crippen MR) is 81.6 cm³/mol. The zero-order valence-corrected chi connectivity index (χ0v) is 12.5. The maximum absolute atomic E-state index is 11.8. The number of rotatable bonds is 9. The van der Waals surface area contributed by atoms with Gasteiger partial charge in [0.15, 0.2) is 0 Å². The lowest BCUT2D eigenvalue weighted by Crippen LogP contribution is -2.37. The highest BCUT2D eigenvalue weighted by Crippen LogP contribution is 2.06. The summed E-state index contributed by atoms with van der Waals surface area (Å²) in [6.45, 7) is 2.17. The lowest BCUT2D eigenvalue weighted by atomic mass is 10.1. The Bertz CT molecular complexity index is 353. The first kappa shape index (κ1) is 16.0. The number of hydrogen-bond donors (Lipinski definition) is 1. The van der Waals surface area contributed by atoms with E-state index in [0.29, 0.717) is 12.3 Å². The number of carbonyl (C=O) groups excluding carboxylic acids is 1. The first-order valence-corrected chi connectivity index (χ1v) is 7.69. The van der Waals surface area contributed by atoms with Crippen molar-refractivity contribution in [2.24, 2.45) is 0 Å². The summed E-state index contributed by atoms with van der Waals surface area (Å²) >= 11 is 5.93. The summed E-state index contributed by atoms with van der Waals surface area (Å²) in [7, 11) is 0. The molecule has 0 saturated heterocycles. The van der Waals surface area contributed by atoms with Crippen LogP contribution in [0, 0.1) is 0 Å². The van der Waals surface area contributed by atoms with Gasteiger partial charge in [-0.15, -0.1) is 11.6 Å². The third kappa shape index (κ3) is 7.22. The van der Waals surface area contributed by atoms with Crippen molar-refractivity contribution in [3.63, 3.8) is 0 Å². The average Bonchev–Trinajstić information content (AvgIpc) is 2.44. The fourth-order valence-corrected chi connectivity index (χ4v) is 2.24. The van der Waals surface area contributed by atoms with Crippen molar-refractivity contribution in [3.8, 4) is 0 Å². The molecule has 0 aliphatic carbocycles. The Kier molecular flexibility index (Phi) is 8.31. The first-order chi connectivity index (χ1) is 9.26. The van der Waals surface area contributed by atoms with Crippen molar-refractivity contribution in [2.45, 2.75) is 51.5 Å². The molecule has 0 aromatic heterocycles. The molecular formula is C16H24ClNO. The highest BCUT2D eigenvalue weighted by atomic mass is 35.5. The van der Waals surface area contributed by atoms with E-state index >= 15 is 0 Å². The van der Waals surface area contributed by atoms with Crippen molar-refractivity contribution in [1.82, 2.24) is 5.32 Å². The number of carbonyl (C=O) groups is 1. The van der Waals surface area contributed by atoms with Crippen LogP contribution in [0.15, 0.2) is 30.3 Å². The number of hydrogen-bond acceptors (Lipinski definition) is 1. The molecule has 1 N–H and O–H groups in total. The zero-order chi connectivity index (χ0) is 13.9. The van der Waals surface area contributed by atoms with E-state index in [0.717, 1.165) is 19.3 Å². The molecule has 1 aromatic rings. The van der Waals surface area contributed by atoms with E-state index in [9.17, 15) is 4.79 Å². The van der Waals surface area contributed by atoms with E-state index in [1.54, 1.807) is 0 Å². The molecule has 0 aliphatic rings. The molecule has 0 saturated carbocycles. The Hall–Kier alpha value is -1.02. The second kappa shape index (κ2) is 9.85. The van der Waals surface area contributed by atoms with Crippen molar-refractivity contribution in [1.29, 1.82) is 0 Å². The Labute approximate surface area is 121 Å². The van der Waals surface area contributed by atoms with Crippen molar-refractivity contribution < 1.29 is 4.79 Å². The second-order valence-corrected chi connectivity index (χ2v) is 5.23. The fourth-order valence-electron chi connectivity index (χ4n) is 2.05. The van der Waals surface area contributed by atoms with Crippen LogP contribution in [0.4, 0.5) is 0 Å². The Balaban J connectivity index is 2.29. The van der Waals surface area contributed by atoms with Crippen LogP contribution in [0.5, 0.6) is 0 Å². The molecule has 1 atom stereocenters. The summed E-state index contributed by atoms with van der Waals surface area (Å²) in [5.74, 6) is 0.577. The molecule has 0 heterocycles. The van der Waals surface area contributed by atoms with Crippen LogP contribution in [0.1, 0.15) is 44.6 Å². The van der Waals surface area contributed by atoms with Crippen LogP contribution >= 0.6 is 11.6 Å². The number of halogens is 1. The van der Waals surface area contributed by atoms with E-state index in [2.05, 4.69) is 24.4 Å². The van der Waals surface area contributed by atoms with E-state index in [1.807, 2.05) is 18.2 Å². The van der Waals surface area contributed by atoms with Gasteiger partial charge in [0.05, 0.1) is 0 Å². The molecule has 3 heteroatoms. The molecule has 1 aromatic carbocycles. The normalized spacial score (nSPS) is 12.1. The molecule has 19 heavy (non-hydrogen) atoms. The smallest absolute Gasteiger partial charge is 0.220 e. The maximum atomic E-state index is 11.8. The molecule has 1 rings (SSSR count). The number of nitrogens with one attached hydrogen (secondary N) is 1. The minimum absolute atomic E-state index is 0.0303. The minimum atomic E-state index is 0.0303. The topological polar surface area (TPSA) is 29.1 Å². The van der Waals surface area contributed by atoms with Crippen molar-refractivity contribution in [2.75, 3.05) is 5.88 Å². The predicted octanol–water partition coefficient (Wildman–Crippen LogP) is 3.92. The van der Waals surface area contributed by atoms with Crippen LogP contribution < -0.4 is 5.32 Å². The summed E-state index contributed by atoms with van der Waals surface area (Å²) in [6.07, 6.45) is 5.91. The summed E-state index contributed by atoms with van der Waals surface area (Å²) in [6, 6.07) is 10.2. The molecule has 0 radical (unpaired) electrons. The summed E-state index contributed by atoms with van der Waals surface area (Å²) in [4.78, 5) is 11.8. The van der Waals surface area contributed by atoms with Crippen molar-refractivity contribution in [3.05, 3.63) is 35.9 Å². The molecular weight excluding hydrogens is 258 g/mol. The molecule has 2 nitrogen and oxygen atoms in total. The van der Waals surface area contributed by atoms with Crippen molar-refractivity contribution >= 4 is 17.5 Å². The van der Waals surface area contributed by atoms with Crippen LogP contribution in [0.25, 0.3) is 0 Å². The van der Waals surface area contributed by atoms with Gasteiger partial charge in [0.25, 0.3) is 0 Å². The molecule has 0 bridgehead atoms. The largest absolute Gasteiger partial charge is 0.352 e. The highest BCUT2D eigenvalue weighted by Gasteiger charge is 2.11. The lowest BCUT2D eigenvalue weighted by molar-refractivity contribution is -0.121. The van der Waals surface area contributed by atoms with Gasteiger partial charge in [0, 0.05) is 18.3 Å². The van der Waals surface area contributed by atoms with Crippen LogP contribution in [-0.2, 0) is 11.2 Å². The third-order valence-electron chi connectivity index (χ3n) is 3.13. The summed E-state index contributed by atoms with van der Waals surface area (Å²) < 4.78 is 0. The third-order valence-corrected chi connectivity index (χ3v) is 3.51. The minimum Gasteiger partial charge on any atom is -0.352 e. The first-order valence-electron chi connectivity index (χ1n) is 7.15. The molecule has 1 amide bonds. The Morgan fingerprint density at radius 2 is 1.95 bits per heavy atom. The van der Waals surface area contributed by atoms with Gasteiger partial charge in [-0.3, -0.25) is 4.79 Å². The highest BCUT2D eigenvalue weighted by molar-refractivity contribution is 6.18. The van der Waals surface area contributed by atoms with E-state index in [1.165, 1.54) is 18.4 Å². The van der Waals surface area contributed by atoms with Gasteiger partial charge in [-0.2, -0.15) is 0 Å². The molecule has 106 valence electrons. The molecule has 1 unspecified atom stereocenters. The van der Waals surface area contributed by atoms with Crippen LogP contribution in [0.3, 0.4) is 0 Å². The Morgan fingerprint density at radius 1 is 1.21 bits per heavy atom. The van der Waals surface area contributed by atoms with E-state index in [4.69, 9.17) is 11.6 Å². The monoisotopic (exact) mass is 281 g/mol. The quantitative estimate of drug-likeness (QED) is 0.539. The lowest BCUT2D eigenvalue weighted by Gasteiger charge is -2.16. The van der Waals surface area contributed by atoms with Gasteiger partial charge in [0.2, 0.25) is 5.91 Å². The number of benzene rings is 1. The average molecular weight is 282 g/mol. The van der Waals surface area contributed by atoms with Gasteiger partial charge in [-0.1, -0.05) is 56.5 Å². The van der Waals surface area contributed by atoms with Gasteiger partial charge < -0.3 is 5.32 Å². The number of amides is 1. The molecule has 0 spiro atoms. The summed E-state index contributed by atoms with van der Waals surface area (Å²) in [5.41, 5.74) is 1.21. The molecule has 0 fully saturated rings. The van der Waals surface area contributed by atoms with Gasteiger partial charge >= 0.3 is 0 Å². The van der Waals surface area contributed by atoms with E-state index in [-0.39, 0.29) is 11.9 Å². The van der Waals surface area contributed by atoms with Gasteiger partial charge in [0.1, 0.15) is 0 Å². The zero-order valence-electron chi connectivity index (χ0n) is 11.7. The van der Waals surface area contributed by atoms with Crippen LogP contribution in [-0.4, -0.2) is 17.8 Å².